The van der Waals surface area contributed by atoms with Crippen molar-refractivity contribution < 1.29 is 0 Å². The number of aromatic nitrogens is 3. The lowest BCUT2D eigenvalue weighted by atomic mass is 10.2. The SMILES string of the molecule is N#Cc1c(N)c2nc3ccccc3nc2[nH]c1=O. The number of H-pyrrole nitrogens is 1. The van der Waals surface area contributed by atoms with E-state index in [1.807, 2.05) is 12.1 Å². The van der Waals surface area contributed by atoms with Crippen molar-refractivity contribution in [3.05, 3.63) is 40.2 Å². The number of nitrogens with one attached hydrogen (secondary N) is 1. The van der Waals surface area contributed by atoms with E-state index in [4.69, 9.17) is 11.0 Å². The summed E-state index contributed by atoms with van der Waals surface area (Å²) in [6.07, 6.45) is 0. The molecule has 3 aromatic rings. The van der Waals surface area contributed by atoms with Crippen LogP contribution in [0.5, 0.6) is 0 Å². The largest absolute Gasteiger partial charge is 0.396 e. The molecule has 6 heteroatoms. The number of rotatable bonds is 0. The van der Waals surface area contributed by atoms with E-state index in [1.165, 1.54) is 0 Å². The third-order valence-electron chi connectivity index (χ3n) is 2.67. The number of benzene rings is 1. The van der Waals surface area contributed by atoms with Gasteiger partial charge in [-0.05, 0) is 12.1 Å². The molecule has 0 atom stereocenters. The minimum Gasteiger partial charge on any atom is -0.396 e. The van der Waals surface area contributed by atoms with Crippen molar-refractivity contribution in [2.45, 2.75) is 0 Å². The Morgan fingerprint density at radius 1 is 1.22 bits per heavy atom. The van der Waals surface area contributed by atoms with Gasteiger partial charge in [0, 0.05) is 0 Å². The Hall–Kier alpha value is -2.94. The summed E-state index contributed by atoms with van der Waals surface area (Å²) in [6.45, 7) is 0. The van der Waals surface area contributed by atoms with Crippen molar-refractivity contribution in [3.63, 3.8) is 0 Å². The maximum Gasteiger partial charge on any atom is 0.269 e. The third-order valence-corrected chi connectivity index (χ3v) is 2.67. The van der Waals surface area contributed by atoms with Crippen LogP contribution in [0.2, 0.25) is 0 Å². The van der Waals surface area contributed by atoms with Gasteiger partial charge in [-0.2, -0.15) is 5.26 Å². The van der Waals surface area contributed by atoms with E-state index in [0.717, 1.165) is 0 Å². The number of anilines is 1. The van der Waals surface area contributed by atoms with Crippen LogP contribution in [0.1, 0.15) is 5.56 Å². The monoisotopic (exact) mass is 237 g/mol. The van der Waals surface area contributed by atoms with E-state index in [2.05, 4.69) is 15.0 Å². The molecule has 3 N–H and O–H groups in total. The van der Waals surface area contributed by atoms with Gasteiger partial charge in [-0.3, -0.25) is 4.79 Å². The average Bonchev–Trinajstić information content (AvgIpc) is 2.37. The number of nitrogen functional groups attached to an aromatic ring is 1. The summed E-state index contributed by atoms with van der Waals surface area (Å²) in [5.74, 6) is 0. The molecule has 0 aliphatic heterocycles. The first kappa shape index (κ1) is 10.2. The van der Waals surface area contributed by atoms with Gasteiger partial charge in [0.25, 0.3) is 5.56 Å². The number of pyridine rings is 1. The molecule has 0 amide bonds. The highest BCUT2D eigenvalue weighted by Crippen LogP contribution is 2.19. The van der Waals surface area contributed by atoms with Crippen LogP contribution in [0.4, 0.5) is 5.69 Å². The van der Waals surface area contributed by atoms with Crippen molar-refractivity contribution in [1.82, 2.24) is 15.0 Å². The Kier molecular flexibility index (Phi) is 2.01. The Morgan fingerprint density at radius 2 is 1.89 bits per heavy atom. The zero-order chi connectivity index (χ0) is 12.7. The van der Waals surface area contributed by atoms with E-state index in [-0.39, 0.29) is 16.9 Å². The number of nitriles is 1. The van der Waals surface area contributed by atoms with Crippen molar-refractivity contribution in [3.8, 4) is 6.07 Å². The highest BCUT2D eigenvalue weighted by molar-refractivity contribution is 5.92. The number of nitrogens with zero attached hydrogens (tertiary/aromatic N) is 3. The Morgan fingerprint density at radius 3 is 2.56 bits per heavy atom. The van der Waals surface area contributed by atoms with Gasteiger partial charge >= 0.3 is 0 Å². The molecule has 6 nitrogen and oxygen atoms in total. The molecule has 0 saturated carbocycles. The number of nitrogens with two attached hydrogens (primary N) is 1. The Bertz CT molecular complexity index is 875. The lowest BCUT2D eigenvalue weighted by Crippen LogP contribution is -2.14. The third kappa shape index (κ3) is 1.31. The smallest absolute Gasteiger partial charge is 0.269 e. The number of hydrogen-bond donors (Lipinski definition) is 2. The van der Waals surface area contributed by atoms with Gasteiger partial charge in [-0.15, -0.1) is 0 Å². The summed E-state index contributed by atoms with van der Waals surface area (Å²) >= 11 is 0. The fourth-order valence-electron chi connectivity index (χ4n) is 1.80. The quantitative estimate of drug-likeness (QED) is 0.565. The van der Waals surface area contributed by atoms with Crippen LogP contribution in [0.25, 0.3) is 22.2 Å². The second-order valence-electron chi connectivity index (χ2n) is 3.76. The van der Waals surface area contributed by atoms with Gasteiger partial charge in [0.2, 0.25) is 0 Å². The van der Waals surface area contributed by atoms with E-state index in [9.17, 15) is 4.79 Å². The molecule has 0 fully saturated rings. The molecule has 0 bridgehead atoms. The minimum atomic E-state index is -0.549. The summed E-state index contributed by atoms with van der Waals surface area (Å²) in [5, 5.41) is 8.87. The Balaban J connectivity index is 2.56. The molecule has 86 valence electrons. The Labute approximate surface area is 101 Å². The summed E-state index contributed by atoms with van der Waals surface area (Å²) in [4.78, 5) is 22.7. The standard InChI is InChI=1S/C12H7N5O/c13-5-6-9(14)10-11(17-12(6)18)16-8-4-2-1-3-7(8)15-10/h1-4H,(H3,14,16,17,18). The van der Waals surface area contributed by atoms with Gasteiger partial charge in [-0.25, -0.2) is 9.97 Å². The number of hydrogen-bond acceptors (Lipinski definition) is 5. The highest BCUT2D eigenvalue weighted by Gasteiger charge is 2.12. The van der Waals surface area contributed by atoms with Gasteiger partial charge < -0.3 is 10.7 Å². The molecule has 0 unspecified atom stereocenters. The lowest BCUT2D eigenvalue weighted by molar-refractivity contribution is 1.21. The van der Waals surface area contributed by atoms with Gasteiger partial charge in [0.05, 0.1) is 16.7 Å². The predicted octanol–water partition coefficient (Wildman–Crippen LogP) is 0.925. The van der Waals surface area contributed by atoms with Crippen LogP contribution in [-0.4, -0.2) is 15.0 Å². The molecular weight excluding hydrogens is 230 g/mol. The minimum absolute atomic E-state index is 0.0644. The molecule has 0 radical (unpaired) electrons. The number of fused-ring (bicyclic) bond motifs is 2. The maximum atomic E-state index is 11.6. The second kappa shape index (κ2) is 3.53. The van der Waals surface area contributed by atoms with E-state index >= 15 is 0 Å². The van der Waals surface area contributed by atoms with Crippen LogP contribution in [0, 0.1) is 11.3 Å². The molecule has 0 aliphatic rings. The average molecular weight is 237 g/mol. The lowest BCUT2D eigenvalue weighted by Gasteiger charge is -2.03. The first-order chi connectivity index (χ1) is 8.70. The van der Waals surface area contributed by atoms with Gasteiger partial charge in [0.15, 0.2) is 5.65 Å². The molecule has 0 aliphatic carbocycles. The van der Waals surface area contributed by atoms with E-state index < -0.39 is 5.56 Å². The van der Waals surface area contributed by atoms with Crippen LogP contribution in [0.15, 0.2) is 29.1 Å². The molecule has 18 heavy (non-hydrogen) atoms. The van der Waals surface area contributed by atoms with E-state index in [0.29, 0.717) is 16.6 Å². The van der Waals surface area contributed by atoms with E-state index in [1.54, 1.807) is 18.2 Å². The van der Waals surface area contributed by atoms with Crippen molar-refractivity contribution in [2.24, 2.45) is 0 Å². The fourth-order valence-corrected chi connectivity index (χ4v) is 1.80. The van der Waals surface area contributed by atoms with Crippen LogP contribution >= 0.6 is 0 Å². The van der Waals surface area contributed by atoms with Crippen LogP contribution in [-0.2, 0) is 0 Å². The number of aromatic amines is 1. The normalized spacial score (nSPS) is 10.6. The van der Waals surface area contributed by atoms with Crippen LogP contribution in [0.3, 0.4) is 0 Å². The highest BCUT2D eigenvalue weighted by atomic mass is 16.1. The summed E-state index contributed by atoms with van der Waals surface area (Å²) in [7, 11) is 0. The first-order valence-corrected chi connectivity index (χ1v) is 5.19. The van der Waals surface area contributed by atoms with Gasteiger partial charge in [-0.1, -0.05) is 12.1 Å². The summed E-state index contributed by atoms with van der Waals surface area (Å²) < 4.78 is 0. The van der Waals surface area contributed by atoms with Crippen LogP contribution < -0.4 is 11.3 Å². The van der Waals surface area contributed by atoms with Crippen molar-refractivity contribution >= 4 is 27.9 Å². The zero-order valence-corrected chi connectivity index (χ0v) is 9.14. The fraction of sp³-hybridized carbons (Fsp3) is 0. The topological polar surface area (TPSA) is 108 Å². The van der Waals surface area contributed by atoms with Gasteiger partial charge in [0.1, 0.15) is 17.1 Å². The molecule has 1 aromatic carbocycles. The number of para-hydroxylation sites is 2. The first-order valence-electron chi connectivity index (χ1n) is 5.19. The van der Waals surface area contributed by atoms with Crippen molar-refractivity contribution in [2.75, 3.05) is 5.73 Å². The zero-order valence-electron chi connectivity index (χ0n) is 9.14. The molecular formula is C12H7N5O. The summed E-state index contributed by atoms with van der Waals surface area (Å²) in [6, 6.07) is 9.00. The molecule has 0 spiro atoms. The van der Waals surface area contributed by atoms with Crippen molar-refractivity contribution in [1.29, 1.82) is 5.26 Å². The molecule has 2 heterocycles. The predicted molar refractivity (Wildman–Crippen MR) is 66.8 cm³/mol. The maximum absolute atomic E-state index is 11.6. The molecule has 0 saturated heterocycles. The second-order valence-corrected chi connectivity index (χ2v) is 3.76. The molecule has 3 rings (SSSR count). The summed E-state index contributed by atoms with van der Waals surface area (Å²) in [5.41, 5.74) is 7.10. The molecule has 2 aromatic heterocycles.